The molecule has 0 spiro atoms. The van der Waals surface area contributed by atoms with E-state index < -0.39 is 54.2 Å². The van der Waals surface area contributed by atoms with Gasteiger partial charge in [-0.1, -0.05) is 25.6 Å². The number of carboxylic acids is 1. The number of aliphatic carboxylic acids is 1. The van der Waals surface area contributed by atoms with Crippen molar-refractivity contribution >= 4 is 48.4 Å². The zero-order chi connectivity index (χ0) is 24.5. The lowest BCUT2D eigenvalue weighted by atomic mass is 9.87. The maximum atomic E-state index is 12.8. The molecule has 15 heteroatoms. The topological polar surface area (TPSA) is 186 Å². The number of ether oxygens (including phenoxy) is 1. The van der Waals surface area contributed by atoms with Gasteiger partial charge in [0.15, 0.2) is 6.10 Å². The van der Waals surface area contributed by atoms with Gasteiger partial charge in [-0.2, -0.15) is 0 Å². The SMILES string of the molecule is COC(=O)[C@H](C)NP1(=O)OCC(C)(C)[C@H](C(=O)NCCC(=O)NCCSC(=O)C(=O)O)O1. The summed E-state index contributed by atoms with van der Waals surface area (Å²) in [6.45, 7) is 4.71. The molecule has 32 heavy (non-hydrogen) atoms. The highest BCUT2D eigenvalue weighted by atomic mass is 32.2. The monoisotopic (exact) mass is 497 g/mol. The molecule has 1 heterocycles. The number of hydrogen-bond acceptors (Lipinski definition) is 10. The Morgan fingerprint density at radius 2 is 1.88 bits per heavy atom. The van der Waals surface area contributed by atoms with Crippen molar-refractivity contribution in [2.75, 3.05) is 32.6 Å². The van der Waals surface area contributed by atoms with E-state index in [0.29, 0.717) is 11.8 Å². The molecule has 1 fully saturated rings. The van der Waals surface area contributed by atoms with Gasteiger partial charge >= 0.3 is 19.7 Å². The number of carbonyl (C=O) groups is 5. The van der Waals surface area contributed by atoms with Crippen LogP contribution in [0, 0.1) is 5.41 Å². The molecule has 3 atom stereocenters. The maximum absolute atomic E-state index is 12.8. The molecule has 13 nitrogen and oxygen atoms in total. The summed E-state index contributed by atoms with van der Waals surface area (Å²) in [6, 6.07) is -0.997. The largest absolute Gasteiger partial charge is 0.475 e. The smallest absolute Gasteiger partial charge is 0.407 e. The van der Waals surface area contributed by atoms with Gasteiger partial charge in [0.1, 0.15) is 6.04 Å². The van der Waals surface area contributed by atoms with Gasteiger partial charge in [0.25, 0.3) is 5.12 Å². The average molecular weight is 497 g/mol. The van der Waals surface area contributed by atoms with Crippen LogP contribution in [0.25, 0.3) is 0 Å². The van der Waals surface area contributed by atoms with Crippen molar-refractivity contribution in [1.82, 2.24) is 15.7 Å². The Balaban J connectivity index is 2.51. The number of thioether (sulfide) groups is 1. The normalized spacial score (nSPS) is 22.9. The van der Waals surface area contributed by atoms with Crippen LogP contribution >= 0.6 is 19.5 Å². The molecular formula is C17H28N3O10PS. The predicted molar refractivity (Wildman–Crippen MR) is 113 cm³/mol. The number of carboxylic acid groups (broad SMARTS) is 1. The summed E-state index contributed by atoms with van der Waals surface area (Å²) in [5, 5.41) is 14.9. The van der Waals surface area contributed by atoms with E-state index in [1.165, 1.54) is 14.0 Å². The molecule has 1 saturated heterocycles. The summed E-state index contributed by atoms with van der Waals surface area (Å²) in [5.74, 6) is -3.17. The Labute approximate surface area is 189 Å². The molecule has 0 radical (unpaired) electrons. The van der Waals surface area contributed by atoms with Crippen LogP contribution in [0.1, 0.15) is 27.2 Å². The van der Waals surface area contributed by atoms with Gasteiger partial charge in [-0.15, -0.1) is 0 Å². The Hall–Kier alpha value is -1.99. The molecule has 1 unspecified atom stereocenters. The molecule has 0 bridgehead atoms. The molecule has 1 aliphatic rings. The third-order valence-corrected chi connectivity index (χ3v) is 6.69. The quantitative estimate of drug-likeness (QED) is 0.133. The third kappa shape index (κ3) is 8.87. The van der Waals surface area contributed by atoms with Crippen LogP contribution in [0.4, 0.5) is 0 Å². The predicted octanol–water partition coefficient (Wildman–Crippen LogP) is -0.346. The van der Waals surface area contributed by atoms with E-state index in [1.54, 1.807) is 13.8 Å². The second-order valence-corrected chi connectivity index (χ2v) is 10.2. The highest BCUT2D eigenvalue weighted by Crippen LogP contribution is 2.53. The Bertz CT molecular complexity index is 791. The molecule has 2 amide bonds. The van der Waals surface area contributed by atoms with Crippen LogP contribution in [0.5, 0.6) is 0 Å². The van der Waals surface area contributed by atoms with Crippen molar-refractivity contribution < 1.29 is 47.4 Å². The Kier molecular flexibility index (Phi) is 10.8. The van der Waals surface area contributed by atoms with E-state index >= 15 is 0 Å². The van der Waals surface area contributed by atoms with Crippen LogP contribution in [-0.2, 0) is 42.3 Å². The van der Waals surface area contributed by atoms with Crippen molar-refractivity contribution in [3.05, 3.63) is 0 Å². The minimum atomic E-state index is -3.97. The van der Waals surface area contributed by atoms with Crippen molar-refractivity contribution in [1.29, 1.82) is 0 Å². The first-order valence-corrected chi connectivity index (χ1v) is 12.1. The van der Waals surface area contributed by atoms with Crippen molar-refractivity contribution in [2.45, 2.75) is 39.3 Å². The fourth-order valence-electron chi connectivity index (χ4n) is 2.45. The van der Waals surface area contributed by atoms with Gasteiger partial charge < -0.3 is 20.5 Å². The molecule has 0 aromatic carbocycles. The lowest BCUT2D eigenvalue weighted by Crippen LogP contribution is -2.51. The maximum Gasteiger partial charge on any atom is 0.407 e. The summed E-state index contributed by atoms with van der Waals surface area (Å²) in [4.78, 5) is 57.3. The van der Waals surface area contributed by atoms with E-state index in [4.69, 9.17) is 14.2 Å². The summed E-state index contributed by atoms with van der Waals surface area (Å²) in [6.07, 6.45) is -1.26. The standard InChI is InChI=1S/C17H28N3O10PS/c1-10(15(25)28-4)20-31(27)29-9-17(2,3)12(30-31)13(22)19-6-5-11(21)18-7-8-32-16(26)14(23)24/h10,12H,5-9H2,1-4H3,(H,18,21)(H,19,22)(H,20,27)(H,23,24)/t10-,12-,31?/m0/s1. The summed E-state index contributed by atoms with van der Waals surface area (Å²) >= 11 is 0.568. The first-order valence-electron chi connectivity index (χ1n) is 9.54. The molecule has 4 N–H and O–H groups in total. The summed E-state index contributed by atoms with van der Waals surface area (Å²) in [7, 11) is -2.80. The molecule has 0 aliphatic carbocycles. The number of esters is 1. The van der Waals surface area contributed by atoms with Crippen LogP contribution in [0.3, 0.4) is 0 Å². The fourth-order valence-corrected chi connectivity index (χ4v) is 4.90. The van der Waals surface area contributed by atoms with Gasteiger partial charge in [0.2, 0.25) is 11.8 Å². The molecule has 0 aromatic heterocycles. The number of amides is 2. The van der Waals surface area contributed by atoms with E-state index in [-0.39, 0.29) is 31.9 Å². The minimum absolute atomic E-state index is 0.0427. The number of carbonyl (C=O) groups excluding carboxylic acids is 4. The van der Waals surface area contributed by atoms with Crippen molar-refractivity contribution in [3.63, 3.8) is 0 Å². The number of hydrogen-bond donors (Lipinski definition) is 4. The van der Waals surface area contributed by atoms with E-state index in [0.717, 1.165) is 0 Å². The first-order chi connectivity index (χ1) is 14.8. The Morgan fingerprint density at radius 1 is 1.22 bits per heavy atom. The number of rotatable bonds is 10. The van der Waals surface area contributed by atoms with Crippen molar-refractivity contribution in [2.24, 2.45) is 5.41 Å². The second kappa shape index (κ2) is 12.3. The summed E-state index contributed by atoms with van der Waals surface area (Å²) < 4.78 is 28.0. The molecule has 0 saturated carbocycles. The van der Waals surface area contributed by atoms with Crippen LogP contribution in [0.15, 0.2) is 0 Å². The van der Waals surface area contributed by atoms with Crippen LogP contribution in [0.2, 0.25) is 0 Å². The fraction of sp³-hybridized carbons (Fsp3) is 0.706. The van der Waals surface area contributed by atoms with E-state index in [9.17, 15) is 28.5 Å². The third-order valence-electron chi connectivity index (χ3n) is 4.19. The van der Waals surface area contributed by atoms with Crippen LogP contribution in [-0.4, -0.2) is 78.7 Å². The average Bonchev–Trinajstić information content (AvgIpc) is 2.72. The molecule has 1 aliphatic heterocycles. The highest BCUT2D eigenvalue weighted by molar-refractivity contribution is 8.15. The van der Waals surface area contributed by atoms with Gasteiger partial charge in [0, 0.05) is 30.7 Å². The van der Waals surface area contributed by atoms with Gasteiger partial charge in [0.05, 0.1) is 13.7 Å². The number of nitrogens with one attached hydrogen (secondary N) is 3. The highest BCUT2D eigenvalue weighted by Gasteiger charge is 2.48. The van der Waals surface area contributed by atoms with Gasteiger partial charge in [-0.05, 0) is 6.92 Å². The molecule has 1 rings (SSSR count). The minimum Gasteiger partial charge on any atom is -0.475 e. The van der Waals surface area contributed by atoms with E-state index in [1.807, 2.05) is 0 Å². The summed E-state index contributed by atoms with van der Waals surface area (Å²) in [5.41, 5.74) is -0.843. The van der Waals surface area contributed by atoms with Crippen molar-refractivity contribution in [3.8, 4) is 0 Å². The van der Waals surface area contributed by atoms with Gasteiger partial charge in [-0.3, -0.25) is 28.2 Å². The zero-order valence-corrected chi connectivity index (χ0v) is 19.9. The number of methoxy groups -OCH3 is 1. The lowest BCUT2D eigenvalue weighted by Gasteiger charge is -2.40. The zero-order valence-electron chi connectivity index (χ0n) is 18.2. The molecule has 0 aromatic rings. The van der Waals surface area contributed by atoms with Crippen LogP contribution < -0.4 is 15.7 Å². The first kappa shape index (κ1) is 28.0. The second-order valence-electron chi connectivity index (χ2n) is 7.45. The lowest BCUT2D eigenvalue weighted by molar-refractivity contribution is -0.145. The Morgan fingerprint density at radius 3 is 2.47 bits per heavy atom. The van der Waals surface area contributed by atoms with E-state index in [2.05, 4.69) is 20.5 Å². The van der Waals surface area contributed by atoms with Gasteiger partial charge in [-0.25, -0.2) is 14.4 Å². The molecule has 182 valence electrons. The molecular weight excluding hydrogens is 469 g/mol.